The van der Waals surface area contributed by atoms with Crippen LogP contribution in [-0.4, -0.2) is 59.5 Å². The van der Waals surface area contributed by atoms with Gasteiger partial charge in [0, 0.05) is 49.8 Å². The van der Waals surface area contributed by atoms with Crippen molar-refractivity contribution in [2.45, 2.75) is 52.5 Å². The van der Waals surface area contributed by atoms with Gasteiger partial charge in [-0.1, -0.05) is 17.9 Å². The number of carbonyl (C=O) groups is 1. The number of nitriles is 1. The number of hydrogen-bond donors (Lipinski definition) is 2. The second kappa shape index (κ2) is 16.2. The van der Waals surface area contributed by atoms with Crippen LogP contribution in [0, 0.1) is 23.2 Å². The van der Waals surface area contributed by atoms with Crippen LogP contribution < -0.4 is 10.2 Å². The summed E-state index contributed by atoms with van der Waals surface area (Å²) in [4.78, 5) is 10.6. The Balaban J connectivity index is 0.00000170. The fourth-order valence-corrected chi connectivity index (χ4v) is 3.80. The average Bonchev–Trinajstić information content (AvgIpc) is 3.28. The number of aryl methyl sites for hydroxylation is 1. The molecule has 9 nitrogen and oxygen atoms in total. The van der Waals surface area contributed by atoms with Gasteiger partial charge in [0.2, 0.25) is 0 Å². The maximum atomic E-state index is 9.20. The Kier molecular flexibility index (Phi) is 13.0. The molecule has 0 aliphatic heterocycles. The summed E-state index contributed by atoms with van der Waals surface area (Å²) in [6.45, 7) is 11.0. The second-order valence-electron chi connectivity index (χ2n) is 9.79. The summed E-state index contributed by atoms with van der Waals surface area (Å²) in [5, 5.41) is 24.9. The predicted octanol–water partition coefficient (Wildman–Crippen LogP) is 4.31. The standard InChI is InChI=1S/C29H37N5O2.CH2O2/c1-6-35-28(36-18-8-7-16-31-29(2,3)4)15-17-34(26-12-9-23(20-30)10-13-26)22-24-11-14-27-25(19-24)21-32-33(27)5;2-1-3/h9-14,19,21,28,31H,6,15-18,22H2,1-5H3;1H,(H,2,3). The van der Waals surface area contributed by atoms with Gasteiger partial charge in [-0.2, -0.15) is 10.4 Å². The van der Waals surface area contributed by atoms with Gasteiger partial charge in [0.05, 0.1) is 29.9 Å². The third-order valence-electron chi connectivity index (χ3n) is 5.71. The van der Waals surface area contributed by atoms with Crippen molar-refractivity contribution in [1.82, 2.24) is 15.1 Å². The molecule has 0 spiro atoms. The van der Waals surface area contributed by atoms with Gasteiger partial charge >= 0.3 is 0 Å². The summed E-state index contributed by atoms with van der Waals surface area (Å²) < 4.78 is 13.7. The quantitative estimate of drug-likeness (QED) is 0.213. The Bertz CT molecular complexity index is 1260. The van der Waals surface area contributed by atoms with Crippen molar-refractivity contribution in [3.8, 4) is 17.9 Å². The number of anilines is 1. The van der Waals surface area contributed by atoms with E-state index in [-0.39, 0.29) is 18.3 Å². The molecule has 0 radical (unpaired) electrons. The van der Waals surface area contributed by atoms with Crippen molar-refractivity contribution in [2.24, 2.45) is 7.05 Å². The first-order valence-corrected chi connectivity index (χ1v) is 12.9. The summed E-state index contributed by atoms with van der Waals surface area (Å²) in [7, 11) is 1.95. The molecule has 3 aromatic rings. The van der Waals surface area contributed by atoms with Crippen LogP contribution in [0.5, 0.6) is 0 Å². The topological polar surface area (TPSA) is 113 Å². The SMILES string of the molecule is CCOC(CCN(Cc1ccc2c(cnn2C)c1)c1ccc(C#N)cc1)OCC#CCNC(C)(C)C.O=CO. The number of rotatable bonds is 11. The molecule has 1 unspecified atom stereocenters. The van der Waals surface area contributed by atoms with Crippen LogP contribution in [0.15, 0.2) is 48.7 Å². The first kappa shape index (κ1) is 31.3. The van der Waals surface area contributed by atoms with Crippen LogP contribution in [0.3, 0.4) is 0 Å². The molecule has 0 aliphatic carbocycles. The molecule has 3 rings (SSSR count). The van der Waals surface area contributed by atoms with Gasteiger partial charge in [0.25, 0.3) is 6.47 Å². The summed E-state index contributed by atoms with van der Waals surface area (Å²) in [5.74, 6) is 6.18. The van der Waals surface area contributed by atoms with Crippen LogP contribution >= 0.6 is 0 Å². The Morgan fingerprint density at radius 1 is 1.18 bits per heavy atom. The van der Waals surface area contributed by atoms with E-state index in [1.807, 2.05) is 49.1 Å². The summed E-state index contributed by atoms with van der Waals surface area (Å²) in [5.41, 5.74) is 4.02. The van der Waals surface area contributed by atoms with E-state index in [0.29, 0.717) is 38.3 Å². The van der Waals surface area contributed by atoms with Crippen LogP contribution in [0.2, 0.25) is 0 Å². The number of fused-ring (bicyclic) bond motifs is 1. The zero-order valence-electron chi connectivity index (χ0n) is 23.5. The minimum Gasteiger partial charge on any atom is -0.483 e. The normalized spacial score (nSPS) is 11.5. The van der Waals surface area contributed by atoms with E-state index in [1.54, 1.807) is 0 Å². The van der Waals surface area contributed by atoms with E-state index in [1.165, 1.54) is 5.56 Å². The molecule has 1 aromatic heterocycles. The summed E-state index contributed by atoms with van der Waals surface area (Å²) in [6, 6.07) is 16.3. The molecular formula is C30H39N5O4. The zero-order valence-corrected chi connectivity index (χ0v) is 23.5. The highest BCUT2D eigenvalue weighted by Gasteiger charge is 2.14. The molecule has 1 heterocycles. The molecule has 39 heavy (non-hydrogen) atoms. The molecule has 208 valence electrons. The van der Waals surface area contributed by atoms with Crippen LogP contribution in [0.4, 0.5) is 5.69 Å². The van der Waals surface area contributed by atoms with Crippen molar-refractivity contribution in [2.75, 3.05) is 31.2 Å². The minimum absolute atomic E-state index is 0.0415. The highest BCUT2D eigenvalue weighted by atomic mass is 16.7. The lowest BCUT2D eigenvalue weighted by atomic mass is 10.1. The van der Waals surface area contributed by atoms with Crippen molar-refractivity contribution in [3.63, 3.8) is 0 Å². The molecule has 0 fully saturated rings. The van der Waals surface area contributed by atoms with Gasteiger partial charge < -0.3 is 24.8 Å². The largest absolute Gasteiger partial charge is 0.483 e. The van der Waals surface area contributed by atoms with Crippen LogP contribution in [0.1, 0.15) is 45.2 Å². The maximum absolute atomic E-state index is 9.20. The third kappa shape index (κ3) is 11.2. The number of nitrogens with zero attached hydrogens (tertiary/aromatic N) is 4. The molecule has 9 heteroatoms. The third-order valence-corrected chi connectivity index (χ3v) is 5.71. The van der Waals surface area contributed by atoms with E-state index < -0.39 is 0 Å². The molecule has 0 aliphatic rings. The molecule has 0 bridgehead atoms. The van der Waals surface area contributed by atoms with Crippen LogP contribution in [-0.2, 0) is 27.9 Å². The first-order chi connectivity index (χ1) is 18.7. The molecule has 0 saturated carbocycles. The number of benzene rings is 2. The van der Waals surface area contributed by atoms with Crippen LogP contribution in [0.25, 0.3) is 10.9 Å². The molecule has 0 amide bonds. The molecule has 0 saturated heterocycles. The average molecular weight is 534 g/mol. The lowest BCUT2D eigenvalue weighted by Gasteiger charge is -2.27. The van der Waals surface area contributed by atoms with E-state index >= 15 is 0 Å². The molecular weight excluding hydrogens is 494 g/mol. The molecule has 2 N–H and O–H groups in total. The molecule has 1 atom stereocenters. The second-order valence-corrected chi connectivity index (χ2v) is 9.79. The number of carboxylic acid groups (broad SMARTS) is 1. The summed E-state index contributed by atoms with van der Waals surface area (Å²) >= 11 is 0. The smallest absolute Gasteiger partial charge is 0.290 e. The highest BCUT2D eigenvalue weighted by Crippen LogP contribution is 2.22. The predicted molar refractivity (Wildman–Crippen MR) is 153 cm³/mol. The Morgan fingerprint density at radius 2 is 1.90 bits per heavy atom. The van der Waals surface area contributed by atoms with E-state index in [2.05, 4.69) is 72.2 Å². The zero-order chi connectivity index (χ0) is 28.7. The van der Waals surface area contributed by atoms with Crippen molar-refractivity contribution < 1.29 is 19.4 Å². The lowest BCUT2D eigenvalue weighted by Crippen LogP contribution is -2.35. The first-order valence-electron chi connectivity index (χ1n) is 12.9. The van der Waals surface area contributed by atoms with Gasteiger partial charge in [-0.3, -0.25) is 9.48 Å². The monoisotopic (exact) mass is 533 g/mol. The van der Waals surface area contributed by atoms with Gasteiger partial charge in [0.15, 0.2) is 6.29 Å². The highest BCUT2D eigenvalue weighted by molar-refractivity contribution is 5.79. The van der Waals surface area contributed by atoms with Gasteiger partial charge in [-0.15, -0.1) is 0 Å². The minimum atomic E-state index is -0.346. The van der Waals surface area contributed by atoms with Crippen molar-refractivity contribution >= 4 is 23.1 Å². The lowest BCUT2D eigenvalue weighted by molar-refractivity contribution is -0.132. The van der Waals surface area contributed by atoms with E-state index in [0.717, 1.165) is 23.1 Å². The number of aromatic nitrogens is 2. The molecule has 2 aromatic carbocycles. The van der Waals surface area contributed by atoms with E-state index in [9.17, 15) is 5.26 Å². The van der Waals surface area contributed by atoms with Gasteiger partial charge in [-0.25, -0.2) is 0 Å². The van der Waals surface area contributed by atoms with Gasteiger partial charge in [0.1, 0.15) is 6.61 Å². The number of nitrogens with one attached hydrogen (secondary N) is 1. The van der Waals surface area contributed by atoms with Crippen molar-refractivity contribution in [1.29, 1.82) is 5.26 Å². The number of ether oxygens (including phenoxy) is 2. The fourth-order valence-electron chi connectivity index (χ4n) is 3.80. The van der Waals surface area contributed by atoms with E-state index in [4.69, 9.17) is 19.4 Å². The number of hydrogen-bond acceptors (Lipinski definition) is 7. The Labute approximate surface area is 231 Å². The fraction of sp³-hybridized carbons (Fsp3) is 0.433. The Hall–Kier alpha value is -3.89. The maximum Gasteiger partial charge on any atom is 0.290 e. The Morgan fingerprint density at radius 3 is 2.54 bits per heavy atom. The van der Waals surface area contributed by atoms with Crippen molar-refractivity contribution in [3.05, 3.63) is 59.8 Å². The summed E-state index contributed by atoms with van der Waals surface area (Å²) in [6.07, 6.45) is 2.23. The van der Waals surface area contributed by atoms with Gasteiger partial charge in [-0.05, 0) is 69.7 Å².